The van der Waals surface area contributed by atoms with Crippen LogP contribution in [-0.2, 0) is 9.53 Å². The van der Waals surface area contributed by atoms with Crippen LogP contribution in [0.2, 0.25) is 5.02 Å². The Morgan fingerprint density at radius 2 is 1.69 bits per heavy atom. The second-order valence-electron chi connectivity index (χ2n) is 6.43. The summed E-state index contributed by atoms with van der Waals surface area (Å²) < 4.78 is 4.52. The lowest BCUT2D eigenvalue weighted by molar-refractivity contribution is -0.140. The van der Waals surface area contributed by atoms with E-state index < -0.39 is 0 Å². The smallest absolute Gasteiger partial charge is 0.322 e. The first-order valence-corrected chi connectivity index (χ1v) is 9.44. The van der Waals surface area contributed by atoms with Gasteiger partial charge in [-0.25, -0.2) is 4.79 Å². The molecule has 0 bridgehead atoms. The van der Waals surface area contributed by atoms with Gasteiger partial charge in [-0.1, -0.05) is 23.7 Å². The molecular weight excluding hydrogens is 394 g/mol. The van der Waals surface area contributed by atoms with Gasteiger partial charge in [0.2, 0.25) is 0 Å². The van der Waals surface area contributed by atoms with Crippen LogP contribution in [-0.4, -0.2) is 43.5 Å². The maximum absolute atomic E-state index is 12.5. The summed E-state index contributed by atoms with van der Waals surface area (Å²) in [5.74, 6) is -0.694. The third-order valence-corrected chi connectivity index (χ3v) is 4.75. The molecule has 0 aliphatic carbocycles. The molecule has 0 heterocycles. The number of benzene rings is 2. The average Bonchev–Trinajstić information content (AvgIpc) is 2.73. The number of halogens is 1. The first-order chi connectivity index (χ1) is 13.8. The van der Waals surface area contributed by atoms with E-state index in [4.69, 9.17) is 11.6 Å². The quantitative estimate of drug-likeness (QED) is 0.669. The van der Waals surface area contributed by atoms with Crippen LogP contribution in [0.3, 0.4) is 0 Å². The molecule has 3 amide bonds. The number of nitrogens with one attached hydrogen (secondary N) is 2. The van der Waals surface area contributed by atoms with Gasteiger partial charge in [-0.2, -0.15) is 0 Å². The van der Waals surface area contributed by atoms with Crippen LogP contribution in [0.25, 0.3) is 0 Å². The zero-order valence-corrected chi connectivity index (χ0v) is 17.3. The highest BCUT2D eigenvalue weighted by molar-refractivity contribution is 6.30. The van der Waals surface area contributed by atoms with Gasteiger partial charge >= 0.3 is 12.0 Å². The summed E-state index contributed by atoms with van der Waals surface area (Å²) in [5, 5.41) is 6.08. The van der Waals surface area contributed by atoms with Crippen molar-refractivity contribution in [3.63, 3.8) is 0 Å². The number of hydrogen-bond donors (Lipinski definition) is 2. The predicted octanol–water partition coefficient (Wildman–Crippen LogP) is 3.86. The van der Waals surface area contributed by atoms with Gasteiger partial charge in [-0.05, 0) is 48.9 Å². The SMILES string of the molecule is COC(=O)CCNC(=O)c1ccc(NC(=O)N(C)[C@@H](C)c2ccc(Cl)cc2)cc1. The molecule has 0 aromatic heterocycles. The number of esters is 1. The van der Waals surface area contributed by atoms with E-state index in [0.717, 1.165) is 5.56 Å². The van der Waals surface area contributed by atoms with Crippen molar-refractivity contribution < 1.29 is 19.1 Å². The zero-order valence-electron chi connectivity index (χ0n) is 16.6. The third-order valence-electron chi connectivity index (χ3n) is 4.49. The zero-order chi connectivity index (χ0) is 21.4. The summed E-state index contributed by atoms with van der Waals surface area (Å²) in [7, 11) is 3.00. The Balaban J connectivity index is 1.91. The van der Waals surface area contributed by atoms with Gasteiger partial charge in [0.25, 0.3) is 5.91 Å². The van der Waals surface area contributed by atoms with Gasteiger partial charge < -0.3 is 20.3 Å². The van der Waals surface area contributed by atoms with Crippen molar-refractivity contribution in [2.45, 2.75) is 19.4 Å². The molecule has 0 fully saturated rings. The van der Waals surface area contributed by atoms with E-state index in [9.17, 15) is 14.4 Å². The fraction of sp³-hybridized carbons (Fsp3) is 0.286. The van der Waals surface area contributed by atoms with Crippen LogP contribution in [0.5, 0.6) is 0 Å². The summed E-state index contributed by atoms with van der Waals surface area (Å²) in [6, 6.07) is 13.4. The molecule has 7 nitrogen and oxygen atoms in total. The largest absolute Gasteiger partial charge is 0.469 e. The number of methoxy groups -OCH3 is 1. The minimum Gasteiger partial charge on any atom is -0.469 e. The Hall–Kier alpha value is -3.06. The Kier molecular flexibility index (Phi) is 8.03. The lowest BCUT2D eigenvalue weighted by Gasteiger charge is -2.25. The standard InChI is InChI=1S/C21H24ClN3O4/c1-14(15-4-8-17(22)9-5-15)25(2)21(28)24-18-10-6-16(7-11-18)20(27)23-13-12-19(26)29-3/h4-11,14H,12-13H2,1-3H3,(H,23,27)(H,24,28)/t14-/m0/s1. The molecule has 0 spiro atoms. The minimum atomic E-state index is -0.389. The maximum atomic E-state index is 12.5. The molecule has 154 valence electrons. The lowest BCUT2D eigenvalue weighted by atomic mass is 10.1. The number of urea groups is 1. The van der Waals surface area contributed by atoms with Crippen molar-refractivity contribution in [1.29, 1.82) is 0 Å². The molecule has 2 rings (SSSR count). The topological polar surface area (TPSA) is 87.7 Å². The molecule has 0 radical (unpaired) electrons. The highest BCUT2D eigenvalue weighted by Crippen LogP contribution is 2.21. The van der Waals surface area contributed by atoms with E-state index in [1.54, 1.807) is 48.3 Å². The van der Waals surface area contributed by atoms with Crippen molar-refractivity contribution >= 4 is 35.2 Å². The number of carbonyl (C=O) groups excluding carboxylic acids is 3. The normalized spacial score (nSPS) is 11.3. The molecule has 8 heteroatoms. The van der Waals surface area contributed by atoms with Gasteiger partial charge in [0.05, 0.1) is 19.6 Å². The highest BCUT2D eigenvalue weighted by atomic mass is 35.5. The van der Waals surface area contributed by atoms with E-state index in [1.165, 1.54) is 7.11 Å². The monoisotopic (exact) mass is 417 g/mol. The first kappa shape index (κ1) is 22.2. The Morgan fingerprint density at radius 3 is 2.28 bits per heavy atom. The van der Waals surface area contributed by atoms with Crippen molar-refractivity contribution in [1.82, 2.24) is 10.2 Å². The Bertz CT molecular complexity index is 853. The molecule has 0 unspecified atom stereocenters. The van der Waals surface area contributed by atoms with E-state index in [0.29, 0.717) is 16.3 Å². The lowest BCUT2D eigenvalue weighted by Crippen LogP contribution is -2.33. The van der Waals surface area contributed by atoms with Crippen molar-refractivity contribution in [2.24, 2.45) is 0 Å². The number of rotatable bonds is 7. The van der Waals surface area contributed by atoms with Crippen molar-refractivity contribution in [2.75, 3.05) is 26.0 Å². The van der Waals surface area contributed by atoms with E-state index >= 15 is 0 Å². The summed E-state index contributed by atoms with van der Waals surface area (Å²) in [6.45, 7) is 2.11. The van der Waals surface area contributed by atoms with Gasteiger partial charge in [-0.15, -0.1) is 0 Å². The van der Waals surface area contributed by atoms with E-state index in [-0.39, 0.29) is 36.9 Å². The molecule has 29 heavy (non-hydrogen) atoms. The summed E-state index contributed by atoms with van der Waals surface area (Å²) in [6.07, 6.45) is 0.106. The molecule has 2 aromatic carbocycles. The van der Waals surface area contributed by atoms with Gasteiger partial charge in [0, 0.05) is 29.9 Å². The fourth-order valence-corrected chi connectivity index (χ4v) is 2.67. The highest BCUT2D eigenvalue weighted by Gasteiger charge is 2.17. The predicted molar refractivity (Wildman–Crippen MR) is 112 cm³/mol. The van der Waals surface area contributed by atoms with Gasteiger partial charge in [0.1, 0.15) is 0 Å². The van der Waals surface area contributed by atoms with Crippen molar-refractivity contribution in [3.05, 3.63) is 64.7 Å². The fourth-order valence-electron chi connectivity index (χ4n) is 2.54. The van der Waals surface area contributed by atoms with Crippen LogP contribution in [0.4, 0.5) is 10.5 Å². The molecule has 0 aliphatic rings. The number of anilines is 1. The van der Waals surface area contributed by atoms with Gasteiger partial charge in [0.15, 0.2) is 0 Å². The molecule has 0 saturated carbocycles. The number of amides is 3. The summed E-state index contributed by atoms with van der Waals surface area (Å²) >= 11 is 5.91. The van der Waals surface area contributed by atoms with E-state index in [2.05, 4.69) is 15.4 Å². The molecule has 0 aliphatic heterocycles. The second kappa shape index (κ2) is 10.5. The Labute approximate surface area is 175 Å². The average molecular weight is 418 g/mol. The van der Waals surface area contributed by atoms with Crippen LogP contribution >= 0.6 is 11.6 Å². The van der Waals surface area contributed by atoms with Crippen molar-refractivity contribution in [3.8, 4) is 0 Å². The number of hydrogen-bond acceptors (Lipinski definition) is 4. The number of nitrogens with zero attached hydrogens (tertiary/aromatic N) is 1. The molecule has 1 atom stereocenters. The number of carbonyl (C=O) groups is 3. The molecule has 0 saturated heterocycles. The van der Waals surface area contributed by atoms with Gasteiger partial charge in [-0.3, -0.25) is 9.59 Å². The second-order valence-corrected chi connectivity index (χ2v) is 6.86. The third kappa shape index (κ3) is 6.50. The Morgan fingerprint density at radius 1 is 1.07 bits per heavy atom. The number of ether oxygens (including phenoxy) is 1. The van der Waals surface area contributed by atoms with Crippen LogP contribution in [0, 0.1) is 0 Å². The van der Waals surface area contributed by atoms with E-state index in [1.807, 2.05) is 19.1 Å². The molecule has 2 N–H and O–H groups in total. The molecular formula is C21H24ClN3O4. The summed E-state index contributed by atoms with van der Waals surface area (Å²) in [5.41, 5.74) is 1.96. The summed E-state index contributed by atoms with van der Waals surface area (Å²) in [4.78, 5) is 37.2. The van der Waals surface area contributed by atoms with Crippen LogP contribution in [0.1, 0.15) is 35.3 Å². The van der Waals surface area contributed by atoms with Crippen LogP contribution < -0.4 is 10.6 Å². The maximum Gasteiger partial charge on any atom is 0.322 e. The molecule has 2 aromatic rings. The van der Waals surface area contributed by atoms with Crippen LogP contribution in [0.15, 0.2) is 48.5 Å². The minimum absolute atomic E-state index is 0.106. The first-order valence-electron chi connectivity index (χ1n) is 9.06.